The van der Waals surface area contributed by atoms with Crippen molar-refractivity contribution >= 4 is 29.1 Å². The number of nitrogens with zero attached hydrogens (tertiary/aromatic N) is 1. The number of carboxylic acid groups (broad SMARTS) is 1. The molecule has 0 saturated carbocycles. The number of ether oxygens (including phenoxy) is 1. The predicted molar refractivity (Wildman–Crippen MR) is 81.8 cm³/mol. The van der Waals surface area contributed by atoms with E-state index in [1.54, 1.807) is 24.3 Å². The molecule has 1 aromatic heterocycles. The molecular formula is C15H15N3O4. The van der Waals surface area contributed by atoms with Crippen LogP contribution < -0.4 is 15.4 Å². The Kier molecular flexibility index (Phi) is 4.57. The summed E-state index contributed by atoms with van der Waals surface area (Å²) in [7, 11) is 1.50. The number of hydrogen-bond acceptors (Lipinski definition) is 5. The van der Waals surface area contributed by atoms with E-state index in [0.29, 0.717) is 17.1 Å². The molecule has 0 aliphatic heterocycles. The van der Waals surface area contributed by atoms with Crippen LogP contribution in [0.5, 0.6) is 5.75 Å². The Morgan fingerprint density at radius 3 is 2.68 bits per heavy atom. The number of aromatic nitrogens is 1. The zero-order valence-electron chi connectivity index (χ0n) is 12.1. The summed E-state index contributed by atoms with van der Waals surface area (Å²) in [4.78, 5) is 26.4. The van der Waals surface area contributed by atoms with Crippen LogP contribution in [0.3, 0.4) is 0 Å². The van der Waals surface area contributed by atoms with E-state index < -0.39 is 5.97 Å². The van der Waals surface area contributed by atoms with Crippen molar-refractivity contribution in [3.8, 4) is 5.75 Å². The second-order valence-corrected chi connectivity index (χ2v) is 4.43. The van der Waals surface area contributed by atoms with Crippen molar-refractivity contribution in [2.24, 2.45) is 0 Å². The van der Waals surface area contributed by atoms with Crippen molar-refractivity contribution in [1.29, 1.82) is 0 Å². The van der Waals surface area contributed by atoms with Gasteiger partial charge in [0.25, 0.3) is 0 Å². The molecule has 0 fully saturated rings. The summed E-state index contributed by atoms with van der Waals surface area (Å²) < 4.78 is 5.23. The standard InChI is InChI=1S/C15H15N3O4/c1-9(19)17-10-5-6-13(22-2)12(8-10)18-14-11(15(20)21)4-3-7-16-14/h3-8H,1-2H3,(H,16,18)(H,17,19)(H,20,21). The molecule has 1 amide bonds. The number of anilines is 3. The van der Waals surface area contributed by atoms with Gasteiger partial charge in [-0.25, -0.2) is 9.78 Å². The van der Waals surface area contributed by atoms with E-state index >= 15 is 0 Å². The fourth-order valence-electron chi connectivity index (χ4n) is 1.89. The lowest BCUT2D eigenvalue weighted by Crippen LogP contribution is -2.08. The third kappa shape index (κ3) is 3.51. The van der Waals surface area contributed by atoms with E-state index in [1.165, 1.54) is 26.3 Å². The van der Waals surface area contributed by atoms with E-state index in [4.69, 9.17) is 4.74 Å². The van der Waals surface area contributed by atoms with Gasteiger partial charge in [-0.05, 0) is 30.3 Å². The number of amides is 1. The highest BCUT2D eigenvalue weighted by Gasteiger charge is 2.13. The monoisotopic (exact) mass is 301 g/mol. The van der Waals surface area contributed by atoms with E-state index in [0.717, 1.165) is 0 Å². The molecule has 2 rings (SSSR count). The molecule has 0 atom stereocenters. The van der Waals surface area contributed by atoms with Gasteiger partial charge < -0.3 is 20.5 Å². The van der Waals surface area contributed by atoms with Crippen molar-refractivity contribution in [1.82, 2.24) is 4.98 Å². The van der Waals surface area contributed by atoms with Gasteiger partial charge in [0, 0.05) is 18.8 Å². The van der Waals surface area contributed by atoms with Crippen LogP contribution >= 0.6 is 0 Å². The van der Waals surface area contributed by atoms with Crippen LogP contribution in [-0.4, -0.2) is 29.1 Å². The van der Waals surface area contributed by atoms with Gasteiger partial charge in [-0.3, -0.25) is 4.79 Å². The number of aromatic carboxylic acids is 1. The lowest BCUT2D eigenvalue weighted by Gasteiger charge is -2.13. The van der Waals surface area contributed by atoms with E-state index in [-0.39, 0.29) is 17.3 Å². The van der Waals surface area contributed by atoms with Gasteiger partial charge >= 0.3 is 5.97 Å². The Balaban J connectivity index is 2.39. The van der Waals surface area contributed by atoms with E-state index in [2.05, 4.69) is 15.6 Å². The smallest absolute Gasteiger partial charge is 0.339 e. The molecule has 0 aliphatic carbocycles. The van der Waals surface area contributed by atoms with Crippen molar-refractivity contribution in [3.05, 3.63) is 42.1 Å². The molecule has 7 nitrogen and oxygen atoms in total. The van der Waals surface area contributed by atoms with Gasteiger partial charge in [-0.1, -0.05) is 0 Å². The molecule has 0 unspecified atom stereocenters. The second kappa shape index (κ2) is 6.57. The molecule has 0 radical (unpaired) electrons. The quantitative estimate of drug-likeness (QED) is 0.784. The van der Waals surface area contributed by atoms with Crippen LogP contribution in [0.1, 0.15) is 17.3 Å². The Morgan fingerprint density at radius 1 is 1.27 bits per heavy atom. The number of carbonyl (C=O) groups excluding carboxylic acids is 1. The Morgan fingerprint density at radius 2 is 2.05 bits per heavy atom. The molecule has 22 heavy (non-hydrogen) atoms. The molecule has 0 bridgehead atoms. The topological polar surface area (TPSA) is 101 Å². The number of methoxy groups -OCH3 is 1. The lowest BCUT2D eigenvalue weighted by molar-refractivity contribution is -0.114. The number of rotatable bonds is 5. The number of carboxylic acids is 1. The van der Waals surface area contributed by atoms with Gasteiger partial charge in [0.05, 0.1) is 12.8 Å². The van der Waals surface area contributed by atoms with Crippen molar-refractivity contribution in [2.75, 3.05) is 17.7 Å². The van der Waals surface area contributed by atoms with Crippen LogP contribution in [0, 0.1) is 0 Å². The number of pyridine rings is 1. The first-order chi connectivity index (χ1) is 10.5. The molecule has 7 heteroatoms. The minimum absolute atomic E-state index is 0.0366. The summed E-state index contributed by atoms with van der Waals surface area (Å²) in [5.74, 6) is -0.614. The third-order valence-corrected chi connectivity index (χ3v) is 2.81. The minimum Gasteiger partial charge on any atom is -0.495 e. The van der Waals surface area contributed by atoms with Crippen LogP contribution in [0.15, 0.2) is 36.5 Å². The normalized spacial score (nSPS) is 9.91. The first kappa shape index (κ1) is 15.3. The maximum absolute atomic E-state index is 11.2. The summed E-state index contributed by atoms with van der Waals surface area (Å²) in [6, 6.07) is 7.97. The fraction of sp³-hybridized carbons (Fsp3) is 0.133. The zero-order chi connectivity index (χ0) is 16.1. The van der Waals surface area contributed by atoms with Crippen molar-refractivity contribution in [2.45, 2.75) is 6.92 Å². The summed E-state index contributed by atoms with van der Waals surface area (Å²) >= 11 is 0. The lowest BCUT2D eigenvalue weighted by atomic mass is 10.2. The molecule has 2 aromatic rings. The molecule has 1 heterocycles. The number of hydrogen-bond donors (Lipinski definition) is 3. The highest BCUT2D eigenvalue weighted by atomic mass is 16.5. The number of nitrogens with one attached hydrogen (secondary N) is 2. The Labute approximate surface area is 126 Å². The predicted octanol–water partition coefficient (Wildman–Crippen LogP) is 2.49. The van der Waals surface area contributed by atoms with Gasteiger partial charge in [0.15, 0.2) is 0 Å². The van der Waals surface area contributed by atoms with Gasteiger partial charge in [0.2, 0.25) is 5.91 Å². The van der Waals surface area contributed by atoms with E-state index in [1.807, 2.05) is 0 Å². The summed E-state index contributed by atoms with van der Waals surface area (Å²) in [6.07, 6.45) is 1.49. The van der Waals surface area contributed by atoms with E-state index in [9.17, 15) is 14.7 Å². The maximum atomic E-state index is 11.2. The Bertz CT molecular complexity index is 716. The van der Waals surface area contributed by atoms with Gasteiger partial charge in [0.1, 0.15) is 17.1 Å². The van der Waals surface area contributed by atoms with Crippen LogP contribution in [0.2, 0.25) is 0 Å². The molecule has 1 aromatic carbocycles. The maximum Gasteiger partial charge on any atom is 0.339 e. The summed E-state index contributed by atoms with van der Waals surface area (Å²) in [6.45, 7) is 1.40. The van der Waals surface area contributed by atoms with Gasteiger partial charge in [-0.15, -0.1) is 0 Å². The van der Waals surface area contributed by atoms with Crippen molar-refractivity contribution in [3.63, 3.8) is 0 Å². The molecule has 0 spiro atoms. The average Bonchev–Trinajstić information content (AvgIpc) is 2.47. The molecule has 3 N–H and O–H groups in total. The summed E-state index contributed by atoms with van der Waals surface area (Å²) in [5.41, 5.74) is 1.09. The van der Waals surface area contributed by atoms with Crippen molar-refractivity contribution < 1.29 is 19.4 Å². The second-order valence-electron chi connectivity index (χ2n) is 4.43. The fourth-order valence-corrected chi connectivity index (χ4v) is 1.89. The van der Waals surface area contributed by atoms with Gasteiger partial charge in [-0.2, -0.15) is 0 Å². The molecule has 114 valence electrons. The van der Waals surface area contributed by atoms with Crippen LogP contribution in [-0.2, 0) is 4.79 Å². The molecule has 0 aliphatic rings. The number of carbonyl (C=O) groups is 2. The highest BCUT2D eigenvalue weighted by Crippen LogP contribution is 2.31. The molecule has 0 saturated heterocycles. The summed E-state index contributed by atoms with van der Waals surface area (Å²) in [5, 5.41) is 14.7. The largest absolute Gasteiger partial charge is 0.495 e. The van der Waals surface area contributed by atoms with Crippen LogP contribution in [0.25, 0.3) is 0 Å². The Hall–Kier alpha value is -3.09. The van der Waals surface area contributed by atoms with Crippen LogP contribution in [0.4, 0.5) is 17.2 Å². The first-order valence-electron chi connectivity index (χ1n) is 6.42. The number of benzene rings is 1. The SMILES string of the molecule is COc1ccc(NC(C)=O)cc1Nc1ncccc1C(=O)O. The minimum atomic E-state index is -1.09. The zero-order valence-corrected chi connectivity index (χ0v) is 12.1. The average molecular weight is 301 g/mol. The first-order valence-corrected chi connectivity index (χ1v) is 6.42. The highest BCUT2D eigenvalue weighted by molar-refractivity contribution is 5.94. The molecular weight excluding hydrogens is 286 g/mol. The third-order valence-electron chi connectivity index (χ3n) is 2.81.